The summed E-state index contributed by atoms with van der Waals surface area (Å²) in [5.41, 5.74) is 13.9. The van der Waals surface area contributed by atoms with E-state index in [9.17, 15) is 0 Å². The summed E-state index contributed by atoms with van der Waals surface area (Å²) in [4.78, 5) is 4.05. The zero-order valence-corrected chi connectivity index (χ0v) is 10.2. The molecule has 1 aromatic carbocycles. The molecule has 0 radical (unpaired) electrons. The first-order valence-corrected chi connectivity index (χ1v) is 6.22. The number of aliphatic imine (C=N–C) groups is 1. The molecule has 1 aromatic rings. The van der Waals surface area contributed by atoms with E-state index in [0.29, 0.717) is 12.5 Å². The van der Waals surface area contributed by atoms with Crippen molar-refractivity contribution in [1.29, 1.82) is 0 Å². The minimum atomic E-state index is -0.381. The molecule has 2 rings (SSSR count). The molecule has 17 heavy (non-hydrogen) atoms. The number of hydrogen-bond donors (Lipinski definition) is 2. The molecule has 0 unspecified atom stereocenters. The quantitative estimate of drug-likeness (QED) is 0.783. The summed E-state index contributed by atoms with van der Waals surface area (Å²) in [5, 5.41) is 0. The van der Waals surface area contributed by atoms with Crippen LogP contribution in [0.2, 0.25) is 0 Å². The smallest absolute Gasteiger partial charge is 0.107 e. The molecule has 92 valence electrons. The van der Waals surface area contributed by atoms with Gasteiger partial charge in [0.1, 0.15) is 5.66 Å². The predicted octanol–water partition coefficient (Wildman–Crippen LogP) is 2.16. The van der Waals surface area contributed by atoms with Crippen LogP contribution in [0.25, 0.3) is 0 Å². The van der Waals surface area contributed by atoms with Crippen LogP contribution in [0.15, 0.2) is 29.3 Å². The van der Waals surface area contributed by atoms with E-state index in [1.807, 2.05) is 0 Å². The van der Waals surface area contributed by atoms with Crippen LogP contribution in [-0.2, 0) is 6.54 Å². The number of rotatable bonds is 3. The first-order chi connectivity index (χ1) is 8.17. The number of nitrogens with two attached hydrogens (primary N) is 2. The highest BCUT2D eigenvalue weighted by Crippen LogP contribution is 2.37. The molecular weight excluding hydrogens is 210 g/mol. The Bertz CT molecular complexity index is 375. The molecule has 1 aliphatic carbocycles. The predicted molar refractivity (Wildman–Crippen MR) is 72.0 cm³/mol. The van der Waals surface area contributed by atoms with Crippen molar-refractivity contribution in [2.24, 2.45) is 16.5 Å². The second-order valence-corrected chi connectivity index (χ2v) is 4.98. The molecule has 1 fully saturated rings. The van der Waals surface area contributed by atoms with Crippen molar-refractivity contribution in [2.45, 2.75) is 43.8 Å². The largest absolute Gasteiger partial charge is 0.326 e. The highest BCUT2D eigenvalue weighted by molar-refractivity contribution is 5.28. The van der Waals surface area contributed by atoms with Gasteiger partial charge in [0.2, 0.25) is 0 Å². The highest BCUT2D eigenvalue weighted by atomic mass is 15.0. The third-order valence-corrected chi connectivity index (χ3v) is 3.85. The molecule has 0 amide bonds. The lowest BCUT2D eigenvalue weighted by molar-refractivity contribution is 0.284. The Kier molecular flexibility index (Phi) is 3.60. The van der Waals surface area contributed by atoms with Gasteiger partial charge in [-0.2, -0.15) is 0 Å². The number of benzene rings is 1. The maximum atomic E-state index is 6.10. The van der Waals surface area contributed by atoms with Gasteiger partial charge in [-0.3, -0.25) is 4.99 Å². The lowest BCUT2D eigenvalue weighted by Gasteiger charge is -2.34. The van der Waals surface area contributed by atoms with Gasteiger partial charge in [-0.15, -0.1) is 0 Å². The SMILES string of the molecule is C=NC1(N)CCC(c2ccc(CN)cc2)CC1. The Hall–Kier alpha value is -1.19. The van der Waals surface area contributed by atoms with Gasteiger partial charge >= 0.3 is 0 Å². The maximum absolute atomic E-state index is 6.10. The zero-order chi connectivity index (χ0) is 12.3. The van der Waals surface area contributed by atoms with Crippen molar-refractivity contribution in [2.75, 3.05) is 0 Å². The molecular formula is C14H21N3. The van der Waals surface area contributed by atoms with E-state index in [2.05, 4.69) is 36.0 Å². The third-order valence-electron chi connectivity index (χ3n) is 3.85. The average Bonchev–Trinajstić information content (AvgIpc) is 2.40. The maximum Gasteiger partial charge on any atom is 0.107 e. The van der Waals surface area contributed by atoms with Gasteiger partial charge in [-0.05, 0) is 49.4 Å². The second kappa shape index (κ2) is 4.98. The Labute approximate surface area is 103 Å². The summed E-state index contributed by atoms with van der Waals surface area (Å²) in [7, 11) is 0. The van der Waals surface area contributed by atoms with Crippen LogP contribution in [-0.4, -0.2) is 12.4 Å². The molecule has 1 aliphatic rings. The van der Waals surface area contributed by atoms with Gasteiger partial charge in [0.05, 0.1) is 0 Å². The summed E-state index contributed by atoms with van der Waals surface area (Å²) in [6.07, 6.45) is 4.05. The normalized spacial score (nSPS) is 28.9. The van der Waals surface area contributed by atoms with E-state index in [4.69, 9.17) is 11.5 Å². The zero-order valence-electron chi connectivity index (χ0n) is 10.2. The minimum Gasteiger partial charge on any atom is -0.326 e. The minimum absolute atomic E-state index is 0.381. The van der Waals surface area contributed by atoms with E-state index >= 15 is 0 Å². The van der Waals surface area contributed by atoms with Crippen LogP contribution in [0.3, 0.4) is 0 Å². The van der Waals surface area contributed by atoms with Crippen molar-refractivity contribution in [3.63, 3.8) is 0 Å². The van der Waals surface area contributed by atoms with Crippen LogP contribution >= 0.6 is 0 Å². The first kappa shape index (κ1) is 12.3. The molecule has 0 heterocycles. The monoisotopic (exact) mass is 231 g/mol. The van der Waals surface area contributed by atoms with Crippen LogP contribution in [0, 0.1) is 0 Å². The van der Waals surface area contributed by atoms with Crippen molar-refractivity contribution in [3.8, 4) is 0 Å². The van der Waals surface area contributed by atoms with E-state index in [1.165, 1.54) is 11.1 Å². The van der Waals surface area contributed by atoms with E-state index < -0.39 is 0 Å². The van der Waals surface area contributed by atoms with Gasteiger partial charge in [-0.25, -0.2) is 0 Å². The second-order valence-electron chi connectivity index (χ2n) is 4.98. The molecule has 0 bridgehead atoms. The molecule has 3 nitrogen and oxygen atoms in total. The van der Waals surface area contributed by atoms with Crippen molar-refractivity contribution >= 4 is 6.72 Å². The Morgan fingerprint density at radius 3 is 2.29 bits per heavy atom. The summed E-state index contributed by atoms with van der Waals surface area (Å²) in [6, 6.07) is 8.62. The molecule has 0 aliphatic heterocycles. The van der Waals surface area contributed by atoms with Crippen LogP contribution in [0.5, 0.6) is 0 Å². The third kappa shape index (κ3) is 2.73. The molecule has 0 atom stereocenters. The first-order valence-electron chi connectivity index (χ1n) is 6.22. The fourth-order valence-electron chi connectivity index (χ4n) is 2.54. The average molecular weight is 231 g/mol. The van der Waals surface area contributed by atoms with Crippen molar-refractivity contribution in [3.05, 3.63) is 35.4 Å². The van der Waals surface area contributed by atoms with Crippen molar-refractivity contribution < 1.29 is 0 Å². The van der Waals surface area contributed by atoms with Crippen LogP contribution < -0.4 is 11.5 Å². The molecule has 0 saturated heterocycles. The fourth-order valence-corrected chi connectivity index (χ4v) is 2.54. The lowest BCUT2D eigenvalue weighted by atomic mass is 9.79. The highest BCUT2D eigenvalue weighted by Gasteiger charge is 2.30. The van der Waals surface area contributed by atoms with E-state index in [-0.39, 0.29) is 5.66 Å². The molecule has 3 heteroatoms. The molecule has 1 saturated carbocycles. The number of nitrogens with zero attached hydrogens (tertiary/aromatic N) is 1. The van der Waals surface area contributed by atoms with E-state index in [1.54, 1.807) is 0 Å². The van der Waals surface area contributed by atoms with E-state index in [0.717, 1.165) is 25.7 Å². The van der Waals surface area contributed by atoms with Crippen LogP contribution in [0.1, 0.15) is 42.7 Å². The summed E-state index contributed by atoms with van der Waals surface area (Å²) in [5.74, 6) is 0.611. The Balaban J connectivity index is 2.02. The molecule has 4 N–H and O–H groups in total. The van der Waals surface area contributed by atoms with Gasteiger partial charge in [0, 0.05) is 6.54 Å². The molecule has 0 aromatic heterocycles. The summed E-state index contributed by atoms with van der Waals surface area (Å²) >= 11 is 0. The van der Waals surface area contributed by atoms with Gasteiger partial charge in [-0.1, -0.05) is 24.3 Å². The topological polar surface area (TPSA) is 64.4 Å². The Morgan fingerprint density at radius 2 is 1.82 bits per heavy atom. The van der Waals surface area contributed by atoms with Gasteiger partial charge in [0.15, 0.2) is 0 Å². The fraction of sp³-hybridized carbons (Fsp3) is 0.500. The number of hydrogen-bond acceptors (Lipinski definition) is 3. The molecule has 0 spiro atoms. The van der Waals surface area contributed by atoms with Crippen molar-refractivity contribution in [1.82, 2.24) is 0 Å². The lowest BCUT2D eigenvalue weighted by Crippen LogP contribution is -2.40. The summed E-state index contributed by atoms with van der Waals surface area (Å²) in [6.45, 7) is 4.20. The van der Waals surface area contributed by atoms with Gasteiger partial charge < -0.3 is 11.5 Å². The summed E-state index contributed by atoms with van der Waals surface area (Å²) < 4.78 is 0. The standard InChI is InChI=1S/C14H21N3/c1-17-14(16)8-6-13(7-9-14)12-4-2-11(10-15)3-5-12/h2-5,13H,1,6-10,15-16H2. The van der Waals surface area contributed by atoms with Crippen LogP contribution in [0.4, 0.5) is 0 Å². The Morgan fingerprint density at radius 1 is 1.24 bits per heavy atom. The van der Waals surface area contributed by atoms with Gasteiger partial charge in [0.25, 0.3) is 0 Å².